The Morgan fingerprint density at radius 1 is 1.10 bits per heavy atom. The molecule has 0 aliphatic rings. The Labute approximate surface area is 119 Å². The summed E-state index contributed by atoms with van der Waals surface area (Å²) >= 11 is 0. The highest BCUT2D eigenvalue weighted by atomic mass is 32.2. The third-order valence-corrected chi connectivity index (χ3v) is 4.83. The number of hydrogen-bond donors (Lipinski definition) is 0. The normalized spacial score (nSPS) is 11.8. The number of nitro benzene ring substituents is 1. The largest absolute Gasteiger partial charge is 0.269 e. The van der Waals surface area contributed by atoms with Crippen LogP contribution in [0.5, 0.6) is 0 Å². The molecule has 0 spiro atoms. The second-order valence-electron chi connectivity index (χ2n) is 4.51. The van der Waals surface area contributed by atoms with E-state index in [1.54, 1.807) is 0 Å². The van der Waals surface area contributed by atoms with Crippen LogP contribution in [0.2, 0.25) is 0 Å². The number of non-ortho nitro benzene ring substituents is 1. The van der Waals surface area contributed by atoms with Crippen LogP contribution in [0.25, 0.3) is 0 Å². The lowest BCUT2D eigenvalue weighted by molar-refractivity contribution is -0.384. The predicted molar refractivity (Wildman–Crippen MR) is 77.1 cm³/mol. The molecule has 0 atom stereocenters. The van der Waals surface area contributed by atoms with E-state index in [1.807, 2.05) is 13.8 Å². The molecule has 7 heteroatoms. The average Bonchev–Trinajstić information content (AvgIpc) is 2.43. The second kappa shape index (κ2) is 7.35. The van der Waals surface area contributed by atoms with Crippen LogP contribution in [0, 0.1) is 10.1 Å². The Balaban J connectivity index is 3.02. The van der Waals surface area contributed by atoms with Crippen molar-refractivity contribution in [1.82, 2.24) is 4.31 Å². The van der Waals surface area contributed by atoms with Gasteiger partial charge >= 0.3 is 0 Å². The standard InChI is InChI=1S/C13H20N2O4S/c1-3-5-11-14(10-4-2)20(18,19)13-8-6-12(7-9-13)15(16)17/h6-9H,3-5,10-11H2,1-2H3. The van der Waals surface area contributed by atoms with Crippen molar-refractivity contribution in [3.8, 4) is 0 Å². The van der Waals surface area contributed by atoms with Gasteiger partial charge in [-0.3, -0.25) is 10.1 Å². The maximum Gasteiger partial charge on any atom is 0.269 e. The summed E-state index contributed by atoms with van der Waals surface area (Å²) in [5.41, 5.74) is -0.112. The molecule has 1 rings (SSSR count). The minimum Gasteiger partial charge on any atom is -0.258 e. The lowest BCUT2D eigenvalue weighted by atomic mass is 10.3. The van der Waals surface area contributed by atoms with Gasteiger partial charge in [-0.15, -0.1) is 0 Å². The molecule has 0 aromatic heterocycles. The third kappa shape index (κ3) is 4.01. The van der Waals surface area contributed by atoms with Gasteiger partial charge in [0.05, 0.1) is 9.82 Å². The zero-order chi connectivity index (χ0) is 15.2. The van der Waals surface area contributed by atoms with Gasteiger partial charge in [-0.2, -0.15) is 4.31 Å². The Hall–Kier alpha value is -1.47. The highest BCUT2D eigenvalue weighted by Gasteiger charge is 2.23. The van der Waals surface area contributed by atoms with Crippen LogP contribution >= 0.6 is 0 Å². The monoisotopic (exact) mass is 300 g/mol. The average molecular weight is 300 g/mol. The highest BCUT2D eigenvalue weighted by Crippen LogP contribution is 2.20. The van der Waals surface area contributed by atoms with Gasteiger partial charge in [0, 0.05) is 25.2 Å². The topological polar surface area (TPSA) is 80.5 Å². The molecule has 0 bridgehead atoms. The predicted octanol–water partition coefficient (Wildman–Crippen LogP) is 2.80. The van der Waals surface area contributed by atoms with Gasteiger partial charge in [0.1, 0.15) is 0 Å². The summed E-state index contributed by atoms with van der Waals surface area (Å²) in [6.45, 7) is 4.86. The second-order valence-corrected chi connectivity index (χ2v) is 6.45. The number of rotatable bonds is 8. The van der Waals surface area contributed by atoms with Crippen LogP contribution < -0.4 is 0 Å². The molecule has 0 radical (unpaired) electrons. The number of hydrogen-bond acceptors (Lipinski definition) is 4. The van der Waals surface area contributed by atoms with Crippen LogP contribution in [0.4, 0.5) is 5.69 Å². The SMILES string of the molecule is CCCCN(CCC)S(=O)(=O)c1ccc([N+](=O)[O-])cc1. The van der Waals surface area contributed by atoms with E-state index in [0.29, 0.717) is 13.1 Å². The van der Waals surface area contributed by atoms with Crippen molar-refractivity contribution >= 4 is 15.7 Å². The minimum atomic E-state index is -3.57. The molecule has 1 aromatic rings. The van der Waals surface area contributed by atoms with Gasteiger partial charge in [-0.1, -0.05) is 20.3 Å². The Kier molecular flexibility index (Phi) is 6.09. The van der Waals surface area contributed by atoms with Crippen LogP contribution in [-0.4, -0.2) is 30.7 Å². The molecule has 0 saturated carbocycles. The minimum absolute atomic E-state index is 0.104. The first kappa shape index (κ1) is 16.6. The lowest BCUT2D eigenvalue weighted by Gasteiger charge is -2.21. The fourth-order valence-electron chi connectivity index (χ4n) is 1.82. The number of nitrogens with zero attached hydrogens (tertiary/aromatic N) is 2. The molecular weight excluding hydrogens is 280 g/mol. The van der Waals surface area contributed by atoms with Gasteiger partial charge in [-0.25, -0.2) is 8.42 Å². The molecule has 0 aliphatic carbocycles. The number of nitro groups is 1. The van der Waals surface area contributed by atoms with Crippen LogP contribution in [0.3, 0.4) is 0 Å². The van der Waals surface area contributed by atoms with Crippen molar-refractivity contribution in [3.63, 3.8) is 0 Å². The summed E-state index contributed by atoms with van der Waals surface area (Å²) in [5, 5.41) is 10.6. The zero-order valence-corrected chi connectivity index (χ0v) is 12.6. The quantitative estimate of drug-likeness (QED) is 0.546. The van der Waals surface area contributed by atoms with Gasteiger partial charge < -0.3 is 0 Å². The van der Waals surface area contributed by atoms with Crippen LogP contribution in [-0.2, 0) is 10.0 Å². The summed E-state index contributed by atoms with van der Waals surface area (Å²) in [6.07, 6.45) is 2.44. The van der Waals surface area contributed by atoms with Gasteiger partial charge in [0.2, 0.25) is 10.0 Å². The molecular formula is C13H20N2O4S. The summed E-state index contributed by atoms with van der Waals surface area (Å²) in [5.74, 6) is 0. The fraction of sp³-hybridized carbons (Fsp3) is 0.538. The van der Waals surface area contributed by atoms with Crippen molar-refractivity contribution < 1.29 is 13.3 Å². The van der Waals surface area contributed by atoms with Crippen molar-refractivity contribution in [2.75, 3.05) is 13.1 Å². The summed E-state index contributed by atoms with van der Waals surface area (Å²) in [6, 6.07) is 5.03. The van der Waals surface area contributed by atoms with Crippen molar-refractivity contribution in [3.05, 3.63) is 34.4 Å². The van der Waals surface area contributed by atoms with E-state index in [0.717, 1.165) is 19.3 Å². The third-order valence-electron chi connectivity index (χ3n) is 2.92. The first-order chi connectivity index (χ1) is 9.43. The van der Waals surface area contributed by atoms with E-state index in [2.05, 4.69) is 0 Å². The smallest absolute Gasteiger partial charge is 0.258 e. The summed E-state index contributed by atoms with van der Waals surface area (Å²) in [7, 11) is -3.57. The van der Waals surface area contributed by atoms with E-state index in [4.69, 9.17) is 0 Å². The number of benzene rings is 1. The highest BCUT2D eigenvalue weighted by molar-refractivity contribution is 7.89. The first-order valence-electron chi connectivity index (χ1n) is 6.68. The zero-order valence-electron chi connectivity index (χ0n) is 11.8. The van der Waals surface area contributed by atoms with Crippen LogP contribution in [0.1, 0.15) is 33.1 Å². The molecule has 0 N–H and O–H groups in total. The van der Waals surface area contributed by atoms with Crippen molar-refractivity contribution in [1.29, 1.82) is 0 Å². The van der Waals surface area contributed by atoms with Crippen molar-refractivity contribution in [2.24, 2.45) is 0 Å². The van der Waals surface area contributed by atoms with Crippen LogP contribution in [0.15, 0.2) is 29.2 Å². The molecule has 0 saturated heterocycles. The van der Waals surface area contributed by atoms with E-state index >= 15 is 0 Å². The van der Waals surface area contributed by atoms with Gasteiger partial charge in [0.15, 0.2) is 0 Å². The Morgan fingerprint density at radius 3 is 2.15 bits per heavy atom. The molecule has 0 amide bonds. The van der Waals surface area contributed by atoms with E-state index < -0.39 is 14.9 Å². The van der Waals surface area contributed by atoms with Gasteiger partial charge in [0.25, 0.3) is 5.69 Å². The van der Waals surface area contributed by atoms with E-state index in [1.165, 1.54) is 28.6 Å². The molecule has 20 heavy (non-hydrogen) atoms. The summed E-state index contributed by atoms with van der Waals surface area (Å²) < 4.78 is 26.4. The molecule has 0 unspecified atom stereocenters. The van der Waals surface area contributed by atoms with E-state index in [9.17, 15) is 18.5 Å². The molecule has 0 fully saturated rings. The van der Waals surface area contributed by atoms with Crippen molar-refractivity contribution in [2.45, 2.75) is 38.0 Å². The molecule has 0 heterocycles. The molecule has 1 aromatic carbocycles. The fourth-order valence-corrected chi connectivity index (χ4v) is 3.40. The number of sulfonamides is 1. The molecule has 0 aliphatic heterocycles. The lowest BCUT2D eigenvalue weighted by Crippen LogP contribution is -2.32. The Morgan fingerprint density at radius 2 is 1.70 bits per heavy atom. The molecule has 6 nitrogen and oxygen atoms in total. The van der Waals surface area contributed by atoms with Gasteiger partial charge in [-0.05, 0) is 25.0 Å². The number of unbranched alkanes of at least 4 members (excludes halogenated alkanes) is 1. The maximum absolute atomic E-state index is 12.5. The Bertz CT molecular complexity index is 540. The first-order valence-corrected chi connectivity index (χ1v) is 8.12. The molecule has 112 valence electrons. The summed E-state index contributed by atoms with van der Waals surface area (Å²) in [4.78, 5) is 10.1. The van der Waals surface area contributed by atoms with E-state index in [-0.39, 0.29) is 10.6 Å². The maximum atomic E-state index is 12.5.